The standard InChI is InChI=1S/C10H20S3/c1-7(2)8(12-6)9(13-11)10(3,4)5/h7,11H,1-6H3/b9-8-. The van der Waals surface area contributed by atoms with Crippen molar-refractivity contribution in [3.05, 3.63) is 9.81 Å². The molecule has 0 aliphatic rings. The Labute approximate surface area is 96.1 Å². The predicted molar refractivity (Wildman–Crippen MR) is 71.4 cm³/mol. The van der Waals surface area contributed by atoms with Gasteiger partial charge in [0, 0.05) is 4.91 Å². The molecule has 0 aromatic heterocycles. The maximum atomic E-state index is 4.34. The highest BCUT2D eigenvalue weighted by molar-refractivity contribution is 8.70. The van der Waals surface area contributed by atoms with Gasteiger partial charge in [-0.05, 0) is 22.5 Å². The number of thioether (sulfide) groups is 1. The topological polar surface area (TPSA) is 0 Å². The molecule has 13 heavy (non-hydrogen) atoms. The van der Waals surface area contributed by atoms with Crippen molar-refractivity contribution in [3.63, 3.8) is 0 Å². The quantitative estimate of drug-likeness (QED) is 0.550. The Morgan fingerprint density at radius 2 is 1.69 bits per heavy atom. The first-order valence-corrected chi connectivity index (χ1v) is 7.54. The zero-order chi connectivity index (χ0) is 10.6. The summed E-state index contributed by atoms with van der Waals surface area (Å²) in [5, 5.41) is 0. The normalized spacial score (nSPS) is 14.8. The fourth-order valence-corrected chi connectivity index (χ4v) is 4.38. The van der Waals surface area contributed by atoms with E-state index in [4.69, 9.17) is 0 Å². The molecule has 0 radical (unpaired) electrons. The van der Waals surface area contributed by atoms with Crippen LogP contribution in [0.25, 0.3) is 0 Å². The monoisotopic (exact) mass is 236 g/mol. The molecule has 0 fully saturated rings. The van der Waals surface area contributed by atoms with Crippen LogP contribution >= 0.6 is 34.2 Å². The number of hydrogen-bond donors (Lipinski definition) is 1. The fraction of sp³-hybridized carbons (Fsp3) is 0.800. The summed E-state index contributed by atoms with van der Waals surface area (Å²) in [6.45, 7) is 11.2. The van der Waals surface area contributed by atoms with Gasteiger partial charge >= 0.3 is 0 Å². The van der Waals surface area contributed by atoms with Crippen molar-refractivity contribution < 1.29 is 0 Å². The van der Waals surface area contributed by atoms with E-state index in [1.54, 1.807) is 10.8 Å². The number of thiol groups is 1. The Balaban J connectivity index is 5.07. The van der Waals surface area contributed by atoms with Crippen LogP contribution in [0.2, 0.25) is 0 Å². The summed E-state index contributed by atoms with van der Waals surface area (Å²) >= 11 is 6.19. The lowest BCUT2D eigenvalue weighted by Gasteiger charge is -2.25. The minimum atomic E-state index is 0.217. The second kappa shape index (κ2) is 5.62. The van der Waals surface area contributed by atoms with Gasteiger partial charge in [-0.15, -0.1) is 23.4 Å². The van der Waals surface area contributed by atoms with E-state index in [-0.39, 0.29) is 5.41 Å². The van der Waals surface area contributed by atoms with Gasteiger partial charge in [0.25, 0.3) is 0 Å². The smallest absolute Gasteiger partial charge is 0.0107 e. The molecule has 0 spiro atoms. The average Bonchev–Trinajstić information content (AvgIpc) is 1.96. The largest absolute Gasteiger partial charge is 0.133 e. The lowest BCUT2D eigenvalue weighted by molar-refractivity contribution is 0.526. The maximum absolute atomic E-state index is 4.34. The van der Waals surface area contributed by atoms with Gasteiger partial charge in [0.15, 0.2) is 0 Å². The summed E-state index contributed by atoms with van der Waals surface area (Å²) in [5.41, 5.74) is 0.217. The predicted octanol–water partition coefficient (Wildman–Crippen LogP) is 4.84. The van der Waals surface area contributed by atoms with Crippen molar-refractivity contribution in [2.45, 2.75) is 34.6 Å². The molecule has 3 heteroatoms. The highest BCUT2D eigenvalue weighted by Crippen LogP contribution is 2.43. The molecule has 0 heterocycles. The number of hydrogen-bond acceptors (Lipinski definition) is 3. The maximum Gasteiger partial charge on any atom is 0.0107 e. The molecule has 0 rings (SSSR count). The van der Waals surface area contributed by atoms with E-state index < -0.39 is 0 Å². The Morgan fingerprint density at radius 1 is 1.23 bits per heavy atom. The van der Waals surface area contributed by atoms with Crippen molar-refractivity contribution in [1.82, 2.24) is 0 Å². The number of allylic oxidation sites excluding steroid dienone is 2. The van der Waals surface area contributed by atoms with Gasteiger partial charge in [0.2, 0.25) is 0 Å². The molecule has 0 aliphatic heterocycles. The Kier molecular flexibility index (Phi) is 5.96. The van der Waals surface area contributed by atoms with Gasteiger partial charge in [-0.1, -0.05) is 45.4 Å². The summed E-state index contributed by atoms with van der Waals surface area (Å²) in [6, 6.07) is 0. The Hall–Kier alpha value is 0.790. The molecular formula is C10H20S3. The van der Waals surface area contributed by atoms with E-state index in [0.29, 0.717) is 5.92 Å². The van der Waals surface area contributed by atoms with Crippen LogP contribution < -0.4 is 0 Å². The molecule has 78 valence electrons. The first kappa shape index (κ1) is 13.8. The van der Waals surface area contributed by atoms with Gasteiger partial charge in [-0.25, -0.2) is 0 Å². The molecular weight excluding hydrogens is 216 g/mol. The third-order valence-electron chi connectivity index (χ3n) is 1.74. The minimum Gasteiger partial charge on any atom is -0.133 e. The molecule has 0 atom stereocenters. The van der Waals surface area contributed by atoms with Crippen molar-refractivity contribution in [2.75, 3.05) is 6.26 Å². The SMILES string of the molecule is CS/C(=C(\SS)C(C)(C)C)C(C)C. The molecule has 0 aromatic rings. The van der Waals surface area contributed by atoms with Gasteiger partial charge in [-0.3, -0.25) is 0 Å². The molecule has 0 aliphatic carbocycles. The van der Waals surface area contributed by atoms with E-state index in [1.165, 1.54) is 9.81 Å². The van der Waals surface area contributed by atoms with Crippen molar-refractivity contribution in [2.24, 2.45) is 11.3 Å². The number of rotatable bonds is 3. The third kappa shape index (κ3) is 4.22. The van der Waals surface area contributed by atoms with Gasteiger partial charge < -0.3 is 0 Å². The molecule has 0 unspecified atom stereocenters. The second-order valence-corrected chi connectivity index (χ2v) is 6.38. The first-order chi connectivity index (χ1) is 5.84. The lowest BCUT2D eigenvalue weighted by Crippen LogP contribution is -2.10. The van der Waals surface area contributed by atoms with Crippen LogP contribution in [0.5, 0.6) is 0 Å². The van der Waals surface area contributed by atoms with Crippen LogP contribution in [-0.2, 0) is 0 Å². The molecule has 0 N–H and O–H groups in total. The van der Waals surface area contributed by atoms with Crippen LogP contribution in [0.4, 0.5) is 0 Å². The van der Waals surface area contributed by atoms with E-state index in [9.17, 15) is 0 Å². The minimum absolute atomic E-state index is 0.217. The highest BCUT2D eigenvalue weighted by Gasteiger charge is 2.22. The van der Waals surface area contributed by atoms with Gasteiger partial charge in [0.1, 0.15) is 0 Å². The Bertz CT molecular complexity index is 187. The molecule has 0 aromatic carbocycles. The summed E-state index contributed by atoms with van der Waals surface area (Å²) in [7, 11) is 1.59. The van der Waals surface area contributed by atoms with E-state index in [2.05, 4.69) is 52.5 Å². The van der Waals surface area contributed by atoms with Crippen LogP contribution in [0.3, 0.4) is 0 Å². The Morgan fingerprint density at radius 3 is 1.77 bits per heavy atom. The van der Waals surface area contributed by atoms with Gasteiger partial charge in [0.05, 0.1) is 0 Å². The van der Waals surface area contributed by atoms with Crippen LogP contribution in [-0.4, -0.2) is 6.26 Å². The fourth-order valence-electron chi connectivity index (χ4n) is 1.14. The van der Waals surface area contributed by atoms with Crippen LogP contribution in [0.1, 0.15) is 34.6 Å². The summed E-state index contributed by atoms with van der Waals surface area (Å²) < 4.78 is 0. The third-order valence-corrected chi connectivity index (χ3v) is 4.55. The van der Waals surface area contributed by atoms with Gasteiger partial charge in [-0.2, -0.15) is 0 Å². The van der Waals surface area contributed by atoms with E-state index >= 15 is 0 Å². The second-order valence-electron chi connectivity index (χ2n) is 4.39. The highest BCUT2D eigenvalue weighted by atomic mass is 33.1. The molecule has 0 nitrogen and oxygen atoms in total. The van der Waals surface area contributed by atoms with E-state index in [1.807, 2.05) is 11.8 Å². The molecule has 0 saturated heterocycles. The average molecular weight is 236 g/mol. The van der Waals surface area contributed by atoms with Crippen molar-refractivity contribution >= 4 is 34.2 Å². The van der Waals surface area contributed by atoms with Crippen molar-refractivity contribution in [3.8, 4) is 0 Å². The van der Waals surface area contributed by atoms with Crippen LogP contribution in [0, 0.1) is 11.3 Å². The summed E-state index contributed by atoms with van der Waals surface area (Å²) in [4.78, 5) is 2.87. The van der Waals surface area contributed by atoms with Crippen molar-refractivity contribution in [1.29, 1.82) is 0 Å². The molecule has 0 bridgehead atoms. The zero-order valence-electron chi connectivity index (χ0n) is 9.34. The molecule has 0 amide bonds. The zero-order valence-corrected chi connectivity index (χ0v) is 11.9. The lowest BCUT2D eigenvalue weighted by atomic mass is 9.94. The first-order valence-electron chi connectivity index (χ1n) is 4.44. The molecule has 0 saturated carbocycles. The summed E-state index contributed by atoms with van der Waals surface area (Å²) in [6.07, 6.45) is 2.14. The van der Waals surface area contributed by atoms with Crippen LogP contribution in [0.15, 0.2) is 9.81 Å². The summed E-state index contributed by atoms with van der Waals surface area (Å²) in [5.74, 6) is 0.601. The van der Waals surface area contributed by atoms with E-state index in [0.717, 1.165) is 0 Å².